The standard InChI is InChI=1S/C26H27N3O2/c1-26(2,3)20-12-10-18(11-13-20)21-8-5-9-22-23(21)24(29-28-22)27-15-14-17-6-4-7-19(16-17)25(30)31/h4-13,16H,14-15H2,1-3H3,(H,30,31)(H2,27,28,29). The van der Waals surface area contributed by atoms with Crippen LogP contribution >= 0.6 is 0 Å². The number of rotatable bonds is 6. The van der Waals surface area contributed by atoms with Crippen LogP contribution < -0.4 is 5.32 Å². The minimum atomic E-state index is -0.907. The van der Waals surface area contributed by atoms with Crippen LogP contribution in [0.1, 0.15) is 42.3 Å². The summed E-state index contributed by atoms with van der Waals surface area (Å²) >= 11 is 0. The van der Waals surface area contributed by atoms with Gasteiger partial charge in [0, 0.05) is 6.54 Å². The molecule has 1 heterocycles. The van der Waals surface area contributed by atoms with Crippen LogP contribution in [0.3, 0.4) is 0 Å². The van der Waals surface area contributed by atoms with Gasteiger partial charge in [-0.1, -0.05) is 69.3 Å². The number of aromatic nitrogens is 2. The van der Waals surface area contributed by atoms with E-state index in [4.69, 9.17) is 0 Å². The van der Waals surface area contributed by atoms with Crippen LogP contribution in [0.2, 0.25) is 0 Å². The quantitative estimate of drug-likeness (QED) is 0.369. The summed E-state index contributed by atoms with van der Waals surface area (Å²) in [7, 11) is 0. The molecular weight excluding hydrogens is 386 g/mol. The average Bonchev–Trinajstić information content (AvgIpc) is 3.17. The highest BCUT2D eigenvalue weighted by Gasteiger charge is 2.15. The van der Waals surface area contributed by atoms with Crippen molar-refractivity contribution in [2.45, 2.75) is 32.6 Å². The Balaban J connectivity index is 1.57. The molecule has 0 saturated heterocycles. The molecule has 3 N–H and O–H groups in total. The topological polar surface area (TPSA) is 78.0 Å². The second-order valence-electron chi connectivity index (χ2n) is 8.81. The van der Waals surface area contributed by atoms with Gasteiger partial charge in [-0.3, -0.25) is 5.10 Å². The van der Waals surface area contributed by atoms with Gasteiger partial charge in [-0.15, -0.1) is 0 Å². The summed E-state index contributed by atoms with van der Waals surface area (Å²) < 4.78 is 0. The van der Waals surface area contributed by atoms with E-state index in [1.54, 1.807) is 18.2 Å². The van der Waals surface area contributed by atoms with Crippen LogP contribution in [0.4, 0.5) is 5.82 Å². The molecule has 0 atom stereocenters. The van der Waals surface area contributed by atoms with Gasteiger partial charge in [-0.05, 0) is 52.3 Å². The minimum absolute atomic E-state index is 0.116. The van der Waals surface area contributed by atoms with E-state index in [2.05, 4.69) is 66.6 Å². The Morgan fingerprint density at radius 3 is 2.48 bits per heavy atom. The van der Waals surface area contributed by atoms with Gasteiger partial charge in [-0.25, -0.2) is 4.79 Å². The van der Waals surface area contributed by atoms with Gasteiger partial charge in [0.15, 0.2) is 5.82 Å². The van der Waals surface area contributed by atoms with Gasteiger partial charge >= 0.3 is 5.97 Å². The predicted octanol–water partition coefficient (Wildman–Crippen LogP) is 5.88. The summed E-state index contributed by atoms with van der Waals surface area (Å²) in [6.45, 7) is 7.30. The van der Waals surface area contributed by atoms with E-state index in [0.29, 0.717) is 18.5 Å². The summed E-state index contributed by atoms with van der Waals surface area (Å²) in [5.41, 5.74) is 5.96. The van der Waals surface area contributed by atoms with Gasteiger partial charge < -0.3 is 10.4 Å². The van der Waals surface area contributed by atoms with Crippen molar-refractivity contribution >= 4 is 22.7 Å². The summed E-state index contributed by atoms with van der Waals surface area (Å²) in [5.74, 6) is -0.102. The highest BCUT2D eigenvalue weighted by atomic mass is 16.4. The third-order valence-corrected chi connectivity index (χ3v) is 5.53. The van der Waals surface area contributed by atoms with Crippen LogP contribution in [0.5, 0.6) is 0 Å². The lowest BCUT2D eigenvalue weighted by molar-refractivity contribution is 0.0696. The minimum Gasteiger partial charge on any atom is -0.478 e. The molecule has 4 aromatic rings. The molecule has 0 radical (unpaired) electrons. The predicted molar refractivity (Wildman–Crippen MR) is 126 cm³/mol. The molecule has 158 valence electrons. The van der Waals surface area contributed by atoms with Gasteiger partial charge in [0.1, 0.15) is 0 Å². The number of hydrogen-bond acceptors (Lipinski definition) is 3. The zero-order chi connectivity index (χ0) is 22.0. The SMILES string of the molecule is CC(C)(C)c1ccc(-c2cccc3[nH]nc(NCCc4cccc(C(=O)O)c4)c23)cc1. The largest absolute Gasteiger partial charge is 0.478 e. The van der Waals surface area contributed by atoms with Crippen molar-refractivity contribution in [1.29, 1.82) is 0 Å². The van der Waals surface area contributed by atoms with E-state index in [1.165, 1.54) is 5.56 Å². The number of fused-ring (bicyclic) bond motifs is 1. The molecule has 5 nitrogen and oxygen atoms in total. The fourth-order valence-electron chi connectivity index (χ4n) is 3.78. The van der Waals surface area contributed by atoms with E-state index in [1.807, 2.05) is 18.2 Å². The van der Waals surface area contributed by atoms with Gasteiger partial charge in [0.25, 0.3) is 0 Å². The van der Waals surface area contributed by atoms with Crippen molar-refractivity contribution in [3.63, 3.8) is 0 Å². The number of carbonyl (C=O) groups is 1. The molecule has 0 unspecified atom stereocenters. The van der Waals surface area contributed by atoms with E-state index in [0.717, 1.165) is 33.4 Å². The molecule has 0 aliphatic carbocycles. The molecule has 0 bridgehead atoms. The fraction of sp³-hybridized carbons (Fsp3) is 0.231. The lowest BCUT2D eigenvalue weighted by atomic mass is 9.86. The molecule has 0 spiro atoms. The van der Waals surface area contributed by atoms with Crippen LogP contribution in [0, 0.1) is 0 Å². The van der Waals surface area contributed by atoms with Crippen molar-refractivity contribution in [3.05, 3.63) is 83.4 Å². The number of nitrogens with zero attached hydrogens (tertiary/aromatic N) is 1. The Bertz CT molecular complexity index is 1220. The number of H-pyrrole nitrogens is 1. The van der Waals surface area contributed by atoms with Crippen molar-refractivity contribution in [2.75, 3.05) is 11.9 Å². The van der Waals surface area contributed by atoms with E-state index in [9.17, 15) is 9.90 Å². The van der Waals surface area contributed by atoms with E-state index < -0.39 is 5.97 Å². The maximum atomic E-state index is 11.2. The highest BCUT2D eigenvalue weighted by Crippen LogP contribution is 2.34. The van der Waals surface area contributed by atoms with Crippen molar-refractivity contribution in [1.82, 2.24) is 10.2 Å². The Morgan fingerprint density at radius 1 is 1.03 bits per heavy atom. The number of carboxylic acids is 1. The Hall–Kier alpha value is -3.60. The zero-order valence-electron chi connectivity index (χ0n) is 18.1. The van der Waals surface area contributed by atoms with Crippen LogP contribution in [-0.2, 0) is 11.8 Å². The molecule has 0 saturated carbocycles. The lowest BCUT2D eigenvalue weighted by Crippen LogP contribution is -2.10. The van der Waals surface area contributed by atoms with Gasteiger partial charge in [0.05, 0.1) is 16.5 Å². The molecule has 1 aromatic heterocycles. The van der Waals surface area contributed by atoms with E-state index in [-0.39, 0.29) is 5.41 Å². The lowest BCUT2D eigenvalue weighted by Gasteiger charge is -2.19. The first kappa shape index (κ1) is 20.7. The molecule has 5 heteroatoms. The maximum absolute atomic E-state index is 11.2. The normalized spacial score (nSPS) is 11.6. The molecule has 4 rings (SSSR count). The second-order valence-corrected chi connectivity index (χ2v) is 8.81. The smallest absolute Gasteiger partial charge is 0.335 e. The van der Waals surface area contributed by atoms with Gasteiger partial charge in [0.2, 0.25) is 0 Å². The van der Waals surface area contributed by atoms with Crippen LogP contribution in [0.15, 0.2) is 66.7 Å². The number of benzene rings is 3. The Labute approximate surface area is 182 Å². The molecule has 0 aliphatic rings. The van der Waals surface area contributed by atoms with Crippen LogP contribution in [0.25, 0.3) is 22.0 Å². The Morgan fingerprint density at radius 2 is 1.77 bits per heavy atom. The second kappa shape index (κ2) is 8.26. The number of hydrogen-bond donors (Lipinski definition) is 3. The first-order chi connectivity index (χ1) is 14.8. The van der Waals surface area contributed by atoms with Crippen molar-refractivity contribution < 1.29 is 9.90 Å². The first-order valence-electron chi connectivity index (χ1n) is 10.5. The average molecular weight is 414 g/mol. The zero-order valence-corrected chi connectivity index (χ0v) is 18.1. The molecular formula is C26H27N3O2. The summed E-state index contributed by atoms with van der Waals surface area (Å²) in [4.78, 5) is 11.2. The molecule has 31 heavy (non-hydrogen) atoms. The third-order valence-electron chi connectivity index (χ3n) is 5.53. The summed E-state index contributed by atoms with van der Waals surface area (Å²) in [5, 5.41) is 21.3. The molecule has 0 fully saturated rings. The van der Waals surface area contributed by atoms with E-state index >= 15 is 0 Å². The maximum Gasteiger partial charge on any atom is 0.335 e. The molecule has 0 aliphatic heterocycles. The summed E-state index contributed by atoms with van der Waals surface area (Å²) in [6, 6.07) is 21.9. The number of nitrogens with one attached hydrogen (secondary N) is 2. The third kappa shape index (κ3) is 4.45. The van der Waals surface area contributed by atoms with Gasteiger partial charge in [-0.2, -0.15) is 5.10 Å². The number of aromatic amines is 1. The van der Waals surface area contributed by atoms with Crippen LogP contribution in [-0.4, -0.2) is 27.8 Å². The summed E-state index contributed by atoms with van der Waals surface area (Å²) in [6.07, 6.45) is 0.706. The highest BCUT2D eigenvalue weighted by molar-refractivity contribution is 6.02. The van der Waals surface area contributed by atoms with Crippen molar-refractivity contribution in [2.24, 2.45) is 0 Å². The Kier molecular flexibility index (Phi) is 5.51. The monoisotopic (exact) mass is 413 g/mol. The van der Waals surface area contributed by atoms with Crippen molar-refractivity contribution in [3.8, 4) is 11.1 Å². The first-order valence-corrected chi connectivity index (χ1v) is 10.5. The number of anilines is 1. The fourth-order valence-corrected chi connectivity index (χ4v) is 3.78. The number of carboxylic acid groups (broad SMARTS) is 1. The molecule has 3 aromatic carbocycles. The number of aromatic carboxylic acids is 1. The molecule has 0 amide bonds.